The second-order valence-electron chi connectivity index (χ2n) is 3.79. The van der Waals surface area contributed by atoms with E-state index < -0.39 is 0 Å². The normalized spacial score (nSPS) is 10.5. The van der Waals surface area contributed by atoms with E-state index in [0.717, 1.165) is 17.1 Å². The van der Waals surface area contributed by atoms with Gasteiger partial charge < -0.3 is 4.74 Å². The first kappa shape index (κ1) is 10.6. The van der Waals surface area contributed by atoms with E-state index in [1.165, 1.54) is 0 Å². The molecule has 0 radical (unpaired) electrons. The van der Waals surface area contributed by atoms with E-state index in [1.54, 1.807) is 28.9 Å². The summed E-state index contributed by atoms with van der Waals surface area (Å²) in [6.45, 7) is 0. The van der Waals surface area contributed by atoms with Crippen LogP contribution in [0.25, 0.3) is 11.4 Å². The van der Waals surface area contributed by atoms with Gasteiger partial charge in [0.25, 0.3) is 0 Å². The number of aromatic nitrogens is 4. The molecule has 0 atom stereocenters. The lowest BCUT2D eigenvalue weighted by Crippen LogP contribution is -2.00. The molecule has 5 nitrogen and oxygen atoms in total. The average molecular weight is 240 g/mol. The zero-order valence-electron chi connectivity index (χ0n) is 9.89. The lowest BCUT2D eigenvalue weighted by atomic mass is 10.2. The number of methoxy groups -OCH3 is 1. The van der Waals surface area contributed by atoms with Crippen molar-refractivity contribution in [2.75, 3.05) is 7.11 Å². The van der Waals surface area contributed by atoms with Gasteiger partial charge in [0.1, 0.15) is 5.75 Å². The number of benzene rings is 1. The number of nitrogens with zero attached hydrogens (tertiary/aromatic N) is 4. The molecule has 3 rings (SSSR count). The van der Waals surface area contributed by atoms with Crippen molar-refractivity contribution in [3.05, 3.63) is 55.1 Å². The summed E-state index contributed by atoms with van der Waals surface area (Å²) in [5.74, 6) is 0.772. The van der Waals surface area contributed by atoms with Gasteiger partial charge >= 0.3 is 0 Å². The van der Waals surface area contributed by atoms with Crippen molar-refractivity contribution in [2.24, 2.45) is 0 Å². The molecule has 0 aliphatic carbocycles. The highest BCUT2D eigenvalue weighted by Gasteiger charge is 2.05. The number of rotatable bonds is 3. The number of ether oxygens (including phenoxy) is 1. The van der Waals surface area contributed by atoms with Crippen LogP contribution in [0.2, 0.25) is 0 Å². The lowest BCUT2D eigenvalue weighted by Gasteiger charge is -2.09. The Balaban J connectivity index is 2.13. The standard InChI is InChI=1S/C13H12N4O/c1-18-13-9-11(16-6-2-4-14-16)8-12(10-13)17-7-3-5-15-17/h2-10H,1H3. The third kappa shape index (κ3) is 1.86. The van der Waals surface area contributed by atoms with Crippen molar-refractivity contribution < 1.29 is 4.74 Å². The van der Waals surface area contributed by atoms with Crippen molar-refractivity contribution in [1.82, 2.24) is 19.6 Å². The largest absolute Gasteiger partial charge is 0.497 e. The Bertz CT molecular complexity index is 577. The molecule has 2 aromatic heterocycles. The zero-order chi connectivity index (χ0) is 12.4. The summed E-state index contributed by atoms with van der Waals surface area (Å²) in [7, 11) is 1.65. The van der Waals surface area contributed by atoms with Crippen molar-refractivity contribution in [2.45, 2.75) is 0 Å². The van der Waals surface area contributed by atoms with Gasteiger partial charge in [-0.1, -0.05) is 0 Å². The van der Waals surface area contributed by atoms with E-state index in [1.807, 2.05) is 42.7 Å². The van der Waals surface area contributed by atoms with Gasteiger partial charge in [-0.15, -0.1) is 0 Å². The van der Waals surface area contributed by atoms with Crippen LogP contribution in [0.4, 0.5) is 0 Å². The van der Waals surface area contributed by atoms with Crippen LogP contribution >= 0.6 is 0 Å². The highest BCUT2D eigenvalue weighted by Crippen LogP contribution is 2.21. The van der Waals surface area contributed by atoms with Crippen LogP contribution in [-0.4, -0.2) is 26.7 Å². The van der Waals surface area contributed by atoms with E-state index in [9.17, 15) is 0 Å². The first-order valence-electron chi connectivity index (χ1n) is 5.56. The second-order valence-corrected chi connectivity index (χ2v) is 3.79. The van der Waals surface area contributed by atoms with Gasteiger partial charge in [0, 0.05) is 36.9 Å². The van der Waals surface area contributed by atoms with Crippen LogP contribution in [0.15, 0.2) is 55.1 Å². The van der Waals surface area contributed by atoms with Gasteiger partial charge in [-0.05, 0) is 18.2 Å². The van der Waals surface area contributed by atoms with E-state index in [-0.39, 0.29) is 0 Å². The predicted molar refractivity (Wildman–Crippen MR) is 67.2 cm³/mol. The van der Waals surface area contributed by atoms with E-state index in [0.29, 0.717) is 0 Å². The minimum absolute atomic E-state index is 0.772. The Kier molecular flexibility index (Phi) is 2.57. The number of hydrogen-bond acceptors (Lipinski definition) is 3. The van der Waals surface area contributed by atoms with Crippen LogP contribution in [0, 0.1) is 0 Å². The summed E-state index contributed by atoms with van der Waals surface area (Å²) in [5.41, 5.74) is 1.87. The quantitative estimate of drug-likeness (QED) is 0.704. The molecule has 0 spiro atoms. The lowest BCUT2D eigenvalue weighted by molar-refractivity contribution is 0.414. The molecule has 0 saturated heterocycles. The molecule has 0 aliphatic heterocycles. The summed E-state index contributed by atoms with van der Waals surface area (Å²) in [6, 6.07) is 9.63. The van der Waals surface area contributed by atoms with Gasteiger partial charge in [0.05, 0.1) is 18.5 Å². The van der Waals surface area contributed by atoms with Crippen LogP contribution < -0.4 is 4.74 Å². The molecule has 0 amide bonds. The van der Waals surface area contributed by atoms with Crippen LogP contribution in [0.5, 0.6) is 5.75 Å². The Morgan fingerprint density at radius 2 is 1.44 bits per heavy atom. The Labute approximate surface area is 104 Å². The maximum absolute atomic E-state index is 5.31. The fraction of sp³-hybridized carbons (Fsp3) is 0.0769. The summed E-state index contributed by atoms with van der Waals surface area (Å²) >= 11 is 0. The summed E-state index contributed by atoms with van der Waals surface area (Å²) in [6.07, 6.45) is 7.27. The first-order chi connectivity index (χ1) is 8.86. The monoisotopic (exact) mass is 240 g/mol. The van der Waals surface area contributed by atoms with Crippen molar-refractivity contribution >= 4 is 0 Å². The van der Waals surface area contributed by atoms with Crippen LogP contribution in [-0.2, 0) is 0 Å². The van der Waals surface area contributed by atoms with Crippen molar-refractivity contribution in [3.63, 3.8) is 0 Å². The SMILES string of the molecule is COc1cc(-n2cccn2)cc(-n2cccn2)c1. The van der Waals surface area contributed by atoms with E-state index >= 15 is 0 Å². The maximum atomic E-state index is 5.31. The second kappa shape index (κ2) is 4.37. The maximum Gasteiger partial charge on any atom is 0.123 e. The van der Waals surface area contributed by atoms with Crippen molar-refractivity contribution in [3.8, 4) is 17.1 Å². The number of hydrogen-bond donors (Lipinski definition) is 0. The highest BCUT2D eigenvalue weighted by atomic mass is 16.5. The topological polar surface area (TPSA) is 44.9 Å². The van der Waals surface area contributed by atoms with Gasteiger partial charge in [0.15, 0.2) is 0 Å². The van der Waals surface area contributed by atoms with Crippen LogP contribution in [0.3, 0.4) is 0 Å². The smallest absolute Gasteiger partial charge is 0.123 e. The Morgan fingerprint density at radius 3 is 1.83 bits per heavy atom. The molecule has 0 N–H and O–H groups in total. The van der Waals surface area contributed by atoms with Gasteiger partial charge in [-0.3, -0.25) is 0 Å². The Hall–Kier alpha value is -2.56. The fourth-order valence-corrected chi connectivity index (χ4v) is 1.79. The molecular formula is C13H12N4O. The molecule has 0 saturated carbocycles. The van der Waals surface area contributed by atoms with Gasteiger partial charge in [-0.2, -0.15) is 10.2 Å². The average Bonchev–Trinajstić information content (AvgIpc) is 3.10. The molecule has 0 bridgehead atoms. The summed E-state index contributed by atoms with van der Waals surface area (Å²) in [4.78, 5) is 0. The zero-order valence-corrected chi connectivity index (χ0v) is 9.89. The minimum Gasteiger partial charge on any atom is -0.497 e. The molecule has 5 heteroatoms. The molecule has 0 aliphatic rings. The summed E-state index contributed by atoms with van der Waals surface area (Å²) < 4.78 is 8.88. The van der Waals surface area contributed by atoms with Gasteiger partial charge in [-0.25, -0.2) is 9.36 Å². The van der Waals surface area contributed by atoms with Crippen molar-refractivity contribution in [1.29, 1.82) is 0 Å². The molecule has 0 unspecified atom stereocenters. The van der Waals surface area contributed by atoms with E-state index in [4.69, 9.17) is 4.74 Å². The fourth-order valence-electron chi connectivity index (χ4n) is 1.79. The molecule has 90 valence electrons. The third-order valence-electron chi connectivity index (χ3n) is 2.65. The highest BCUT2D eigenvalue weighted by molar-refractivity contribution is 5.49. The Morgan fingerprint density at radius 1 is 0.889 bits per heavy atom. The van der Waals surface area contributed by atoms with E-state index in [2.05, 4.69) is 10.2 Å². The minimum atomic E-state index is 0.772. The predicted octanol–water partition coefficient (Wildman–Crippen LogP) is 2.07. The molecule has 2 heterocycles. The molecule has 0 fully saturated rings. The third-order valence-corrected chi connectivity index (χ3v) is 2.65. The molecule has 1 aromatic carbocycles. The molecule has 18 heavy (non-hydrogen) atoms. The molecule has 3 aromatic rings. The van der Waals surface area contributed by atoms with Crippen LogP contribution in [0.1, 0.15) is 0 Å². The first-order valence-corrected chi connectivity index (χ1v) is 5.56. The summed E-state index contributed by atoms with van der Waals surface area (Å²) in [5, 5.41) is 8.43. The van der Waals surface area contributed by atoms with Gasteiger partial charge in [0.2, 0.25) is 0 Å². The molecular weight excluding hydrogens is 228 g/mol.